The van der Waals surface area contributed by atoms with Crippen LogP contribution in [0.2, 0.25) is 0 Å². The van der Waals surface area contributed by atoms with Crippen LogP contribution in [0, 0.1) is 29.6 Å². The maximum atomic E-state index is 12.6. The minimum Gasteiger partial charge on any atom is -0.493 e. The monoisotopic (exact) mass is 341 g/mol. The van der Waals surface area contributed by atoms with Crippen LogP contribution >= 0.6 is 0 Å². The Hall–Kier alpha value is -2.70. The van der Waals surface area contributed by atoms with E-state index < -0.39 is 6.04 Å². The van der Waals surface area contributed by atoms with E-state index >= 15 is 0 Å². The number of carbonyl (C=O) groups excluding carboxylic acids is 1. The van der Waals surface area contributed by atoms with Gasteiger partial charge in [-0.15, -0.1) is 6.42 Å². The van der Waals surface area contributed by atoms with Crippen LogP contribution in [0.15, 0.2) is 18.2 Å². The second-order valence-corrected chi connectivity index (χ2v) is 5.91. The highest BCUT2D eigenvalue weighted by molar-refractivity contribution is 5.79. The number of rotatable bonds is 6. The Kier molecular flexibility index (Phi) is 6.68. The van der Waals surface area contributed by atoms with Gasteiger partial charge in [0.1, 0.15) is 6.04 Å². The first-order valence-electron chi connectivity index (χ1n) is 8.21. The molecule has 1 N–H and O–H groups in total. The zero-order chi connectivity index (χ0) is 18.2. The molecule has 132 valence electrons. The maximum absolute atomic E-state index is 12.6. The summed E-state index contributed by atoms with van der Waals surface area (Å²) in [6, 6.07) is 6.62. The average molecular weight is 341 g/mol. The van der Waals surface area contributed by atoms with Gasteiger partial charge in [0.2, 0.25) is 5.91 Å². The first-order chi connectivity index (χ1) is 12.1. The fraction of sp³-hybridized carbons (Fsp3) is 0.474. The molecule has 6 heteroatoms. The van der Waals surface area contributed by atoms with Crippen LogP contribution in [0.5, 0.6) is 11.5 Å². The minimum atomic E-state index is -0.790. The van der Waals surface area contributed by atoms with E-state index in [4.69, 9.17) is 15.9 Å². The molecule has 2 rings (SSSR count). The molecule has 1 atom stereocenters. The molecule has 1 aromatic carbocycles. The predicted octanol–water partition coefficient (Wildman–Crippen LogP) is 1.73. The van der Waals surface area contributed by atoms with Crippen molar-refractivity contribution >= 4 is 5.91 Å². The third-order valence-electron chi connectivity index (χ3n) is 4.43. The van der Waals surface area contributed by atoms with Crippen LogP contribution in [-0.4, -0.2) is 44.7 Å². The first kappa shape index (κ1) is 18.6. The van der Waals surface area contributed by atoms with E-state index in [1.54, 1.807) is 18.2 Å². The molecule has 1 aromatic rings. The molecule has 1 aliphatic heterocycles. The van der Waals surface area contributed by atoms with Gasteiger partial charge < -0.3 is 14.8 Å². The number of ether oxygens (including phenoxy) is 2. The standard InChI is InChI=1S/C19H23N3O3/c1-4-10-22-11-8-14(9-12-22)19(23)21-16(13-20)15-6-5-7-17(24-2)18(15)25-3/h1,5-7,14,16H,8-12H2,2-3H3,(H,21,23)/t16-/m0/s1. The van der Waals surface area contributed by atoms with Gasteiger partial charge in [0.25, 0.3) is 0 Å². The summed E-state index contributed by atoms with van der Waals surface area (Å²) >= 11 is 0. The third-order valence-corrected chi connectivity index (χ3v) is 4.43. The molecule has 0 unspecified atom stereocenters. The number of piperidine rings is 1. The van der Waals surface area contributed by atoms with Gasteiger partial charge in [0, 0.05) is 11.5 Å². The molecular weight excluding hydrogens is 318 g/mol. The number of nitrogens with zero attached hydrogens (tertiary/aromatic N) is 2. The Bertz CT molecular complexity index is 682. The molecule has 1 fully saturated rings. The number of hydrogen-bond donors (Lipinski definition) is 1. The zero-order valence-electron chi connectivity index (χ0n) is 14.6. The van der Waals surface area contributed by atoms with E-state index in [0.717, 1.165) is 25.9 Å². The Morgan fingerprint density at radius 1 is 1.40 bits per heavy atom. The van der Waals surface area contributed by atoms with Crippen molar-refractivity contribution in [1.29, 1.82) is 5.26 Å². The van der Waals surface area contributed by atoms with Gasteiger partial charge in [-0.3, -0.25) is 9.69 Å². The van der Waals surface area contributed by atoms with Crippen LogP contribution in [0.1, 0.15) is 24.4 Å². The number of methoxy groups -OCH3 is 2. The van der Waals surface area contributed by atoms with E-state index in [0.29, 0.717) is 23.6 Å². The normalized spacial score (nSPS) is 16.3. The quantitative estimate of drug-likeness (QED) is 0.798. The summed E-state index contributed by atoms with van der Waals surface area (Å²) in [6.45, 7) is 2.19. The number of benzene rings is 1. The third kappa shape index (κ3) is 4.43. The van der Waals surface area contributed by atoms with E-state index in [9.17, 15) is 10.1 Å². The molecule has 0 radical (unpaired) electrons. The summed E-state index contributed by atoms with van der Waals surface area (Å²) in [7, 11) is 3.05. The molecule has 25 heavy (non-hydrogen) atoms. The second kappa shape index (κ2) is 8.96. The fourth-order valence-electron chi connectivity index (χ4n) is 3.06. The van der Waals surface area contributed by atoms with Gasteiger partial charge in [0.05, 0.1) is 26.8 Å². The maximum Gasteiger partial charge on any atom is 0.224 e. The van der Waals surface area contributed by atoms with E-state index in [1.807, 2.05) is 0 Å². The van der Waals surface area contributed by atoms with Crippen LogP contribution in [-0.2, 0) is 4.79 Å². The van der Waals surface area contributed by atoms with Gasteiger partial charge >= 0.3 is 0 Å². The molecule has 6 nitrogen and oxygen atoms in total. The van der Waals surface area contributed by atoms with Crippen LogP contribution in [0.4, 0.5) is 0 Å². The molecule has 0 bridgehead atoms. The lowest BCUT2D eigenvalue weighted by molar-refractivity contribution is -0.126. The lowest BCUT2D eigenvalue weighted by Gasteiger charge is -2.30. The van der Waals surface area contributed by atoms with E-state index in [-0.39, 0.29) is 11.8 Å². The summed E-state index contributed by atoms with van der Waals surface area (Å²) in [6.07, 6.45) is 6.80. The van der Waals surface area contributed by atoms with Gasteiger partial charge in [-0.05, 0) is 32.0 Å². The topological polar surface area (TPSA) is 74.6 Å². The predicted molar refractivity (Wildman–Crippen MR) is 94.0 cm³/mol. The molecule has 0 aliphatic carbocycles. The molecule has 0 aromatic heterocycles. The highest BCUT2D eigenvalue weighted by Gasteiger charge is 2.28. The lowest BCUT2D eigenvalue weighted by atomic mass is 9.95. The summed E-state index contributed by atoms with van der Waals surface area (Å²) in [5, 5.41) is 12.4. The minimum absolute atomic E-state index is 0.110. The molecule has 0 saturated carbocycles. The number of amides is 1. The van der Waals surface area contributed by atoms with E-state index in [2.05, 4.69) is 22.2 Å². The average Bonchev–Trinajstić information content (AvgIpc) is 2.66. The number of terminal acetylenes is 1. The van der Waals surface area contributed by atoms with Crippen LogP contribution < -0.4 is 14.8 Å². The van der Waals surface area contributed by atoms with E-state index in [1.165, 1.54) is 14.2 Å². The summed E-state index contributed by atoms with van der Waals surface area (Å²) in [5.74, 6) is 3.38. The van der Waals surface area contributed by atoms with Crippen molar-refractivity contribution in [1.82, 2.24) is 10.2 Å². The Morgan fingerprint density at radius 2 is 2.12 bits per heavy atom. The summed E-state index contributed by atoms with van der Waals surface area (Å²) < 4.78 is 10.6. The first-order valence-corrected chi connectivity index (χ1v) is 8.21. The number of nitrogens with one attached hydrogen (secondary N) is 1. The van der Waals surface area contributed by atoms with Crippen molar-refractivity contribution in [3.8, 4) is 29.9 Å². The largest absolute Gasteiger partial charge is 0.493 e. The Balaban J connectivity index is 2.07. The van der Waals surface area contributed by atoms with Crippen molar-refractivity contribution in [3.63, 3.8) is 0 Å². The SMILES string of the molecule is C#CCN1CCC(C(=O)N[C@@H](C#N)c2cccc(OC)c2OC)CC1. The number of hydrogen-bond acceptors (Lipinski definition) is 5. The fourth-order valence-corrected chi connectivity index (χ4v) is 3.06. The molecule has 1 heterocycles. The highest BCUT2D eigenvalue weighted by atomic mass is 16.5. The van der Waals surface area contributed by atoms with Crippen molar-refractivity contribution in [2.24, 2.45) is 5.92 Å². The van der Waals surface area contributed by atoms with Gasteiger partial charge in [0.15, 0.2) is 11.5 Å². The zero-order valence-corrected chi connectivity index (χ0v) is 14.6. The summed E-state index contributed by atoms with van der Waals surface area (Å²) in [4.78, 5) is 14.7. The van der Waals surface area contributed by atoms with Crippen molar-refractivity contribution < 1.29 is 14.3 Å². The van der Waals surface area contributed by atoms with Crippen LogP contribution in [0.3, 0.4) is 0 Å². The molecular formula is C19H23N3O3. The van der Waals surface area contributed by atoms with Gasteiger partial charge in [-0.2, -0.15) is 5.26 Å². The Labute approximate surface area is 148 Å². The van der Waals surface area contributed by atoms with Gasteiger partial charge in [-0.25, -0.2) is 0 Å². The lowest BCUT2D eigenvalue weighted by Crippen LogP contribution is -2.41. The van der Waals surface area contributed by atoms with Gasteiger partial charge in [-0.1, -0.05) is 18.1 Å². The summed E-state index contributed by atoms with van der Waals surface area (Å²) in [5.41, 5.74) is 0.586. The number of para-hydroxylation sites is 1. The highest BCUT2D eigenvalue weighted by Crippen LogP contribution is 2.34. The number of carbonyl (C=O) groups is 1. The number of nitriles is 1. The smallest absolute Gasteiger partial charge is 0.224 e. The molecule has 1 amide bonds. The van der Waals surface area contributed by atoms with Crippen molar-refractivity contribution in [3.05, 3.63) is 23.8 Å². The van der Waals surface area contributed by atoms with Crippen molar-refractivity contribution in [2.75, 3.05) is 33.9 Å². The second-order valence-electron chi connectivity index (χ2n) is 5.91. The van der Waals surface area contributed by atoms with Crippen LogP contribution in [0.25, 0.3) is 0 Å². The Morgan fingerprint density at radius 3 is 2.68 bits per heavy atom. The van der Waals surface area contributed by atoms with Crippen molar-refractivity contribution in [2.45, 2.75) is 18.9 Å². The molecule has 1 aliphatic rings. The molecule has 1 saturated heterocycles. The molecule has 0 spiro atoms. The number of likely N-dealkylation sites (tertiary alicyclic amines) is 1.